The van der Waals surface area contributed by atoms with Crippen LogP contribution in [0.1, 0.15) is 40.4 Å². The molecule has 0 radical (unpaired) electrons. The average Bonchev–Trinajstić information content (AvgIpc) is 3.16. The number of piperidine rings is 1. The minimum atomic E-state index is -3.15. The van der Waals surface area contributed by atoms with Crippen LogP contribution in [-0.2, 0) is 10.0 Å². The number of carbonyl (C=O) groups excluding carboxylic acids is 1. The summed E-state index contributed by atoms with van der Waals surface area (Å²) in [7, 11) is -3.15. The van der Waals surface area contributed by atoms with Gasteiger partial charge in [-0.25, -0.2) is 12.7 Å². The lowest BCUT2D eigenvalue weighted by molar-refractivity contribution is 0.102. The minimum absolute atomic E-state index is 0.141. The second-order valence-corrected chi connectivity index (χ2v) is 10.8. The van der Waals surface area contributed by atoms with E-state index in [1.54, 1.807) is 6.07 Å². The van der Waals surface area contributed by atoms with Gasteiger partial charge in [-0.1, -0.05) is 17.7 Å². The first-order valence-corrected chi connectivity index (χ1v) is 12.9. The summed E-state index contributed by atoms with van der Waals surface area (Å²) in [6, 6.07) is 15.4. The molecule has 33 heavy (non-hydrogen) atoms. The van der Waals surface area contributed by atoms with Crippen LogP contribution in [0.15, 0.2) is 54.7 Å². The first-order valence-electron chi connectivity index (χ1n) is 11.0. The van der Waals surface area contributed by atoms with Crippen LogP contribution in [-0.4, -0.2) is 47.9 Å². The van der Waals surface area contributed by atoms with Crippen LogP contribution in [0.5, 0.6) is 0 Å². The Morgan fingerprint density at radius 2 is 1.82 bits per heavy atom. The molecule has 2 aromatic heterocycles. The Labute approximate surface area is 192 Å². The molecule has 0 unspecified atom stereocenters. The van der Waals surface area contributed by atoms with E-state index in [0.717, 1.165) is 51.6 Å². The van der Waals surface area contributed by atoms with Crippen LogP contribution >= 0.6 is 0 Å². The predicted octanol–water partition coefficient (Wildman–Crippen LogP) is 4.42. The van der Waals surface area contributed by atoms with Crippen molar-refractivity contribution in [3.8, 4) is 0 Å². The molecule has 2 N–H and O–H groups in total. The highest BCUT2D eigenvalue weighted by Gasteiger charge is 2.26. The zero-order valence-corrected chi connectivity index (χ0v) is 19.4. The van der Waals surface area contributed by atoms with Crippen molar-refractivity contribution < 1.29 is 13.2 Å². The lowest BCUT2D eigenvalue weighted by Gasteiger charge is -2.29. The fraction of sp³-hybridized carbons (Fsp3) is 0.280. The van der Waals surface area contributed by atoms with Gasteiger partial charge in [-0.15, -0.1) is 0 Å². The van der Waals surface area contributed by atoms with Crippen molar-refractivity contribution in [3.05, 3.63) is 71.5 Å². The third kappa shape index (κ3) is 4.36. The molecule has 7 nitrogen and oxygen atoms in total. The standard InChI is InChI=1S/C25H26N4O3S/c1-16-4-3-5-18(12-16)25(30)27-19-6-7-22-20(13-19)21-14-23(26-15-24(21)28-22)17-8-10-29(11-9-17)33(2,31)32/h3-7,12-15,17,28H,8-11H2,1-2H3,(H,27,30). The summed E-state index contributed by atoms with van der Waals surface area (Å²) in [6.07, 6.45) is 4.62. The molecule has 1 aliphatic rings. The Bertz CT molecular complexity index is 1470. The highest BCUT2D eigenvalue weighted by molar-refractivity contribution is 7.88. The fourth-order valence-electron chi connectivity index (χ4n) is 4.59. The number of rotatable bonds is 4. The zero-order chi connectivity index (χ0) is 23.2. The molecule has 2 aromatic carbocycles. The molecule has 3 heterocycles. The molecular weight excluding hydrogens is 436 g/mol. The van der Waals surface area contributed by atoms with Crippen molar-refractivity contribution in [2.45, 2.75) is 25.7 Å². The molecule has 1 saturated heterocycles. The van der Waals surface area contributed by atoms with Gasteiger partial charge in [0, 0.05) is 52.2 Å². The molecule has 1 amide bonds. The summed E-state index contributed by atoms with van der Waals surface area (Å²) in [5.74, 6) is 0.0828. The molecule has 0 bridgehead atoms. The van der Waals surface area contributed by atoms with Crippen LogP contribution in [0.3, 0.4) is 0 Å². The number of aromatic amines is 1. The predicted molar refractivity (Wildman–Crippen MR) is 131 cm³/mol. The number of sulfonamides is 1. The third-order valence-electron chi connectivity index (χ3n) is 6.38. The van der Waals surface area contributed by atoms with Gasteiger partial charge in [0.05, 0.1) is 18.0 Å². The SMILES string of the molecule is Cc1cccc(C(=O)Nc2ccc3[nH]c4cnc(C5CCN(S(C)(=O)=O)CC5)cc4c3c2)c1. The zero-order valence-electron chi connectivity index (χ0n) is 18.6. The molecule has 1 aliphatic heterocycles. The Morgan fingerprint density at radius 1 is 1.06 bits per heavy atom. The molecule has 170 valence electrons. The summed E-state index contributed by atoms with van der Waals surface area (Å²) in [6.45, 7) is 3.00. The Balaban J connectivity index is 1.42. The molecule has 0 spiro atoms. The number of benzene rings is 2. The second kappa shape index (κ2) is 8.28. The summed E-state index contributed by atoms with van der Waals surface area (Å²) in [5, 5.41) is 5.06. The second-order valence-electron chi connectivity index (χ2n) is 8.80. The van der Waals surface area contributed by atoms with E-state index in [0.29, 0.717) is 18.7 Å². The highest BCUT2D eigenvalue weighted by Crippen LogP contribution is 2.33. The number of anilines is 1. The van der Waals surface area contributed by atoms with Crippen molar-refractivity contribution >= 4 is 43.4 Å². The van der Waals surface area contributed by atoms with Crippen LogP contribution in [0.4, 0.5) is 5.69 Å². The van der Waals surface area contributed by atoms with Crippen molar-refractivity contribution in [1.82, 2.24) is 14.3 Å². The van der Waals surface area contributed by atoms with Gasteiger partial charge in [-0.3, -0.25) is 9.78 Å². The van der Waals surface area contributed by atoms with Crippen molar-refractivity contribution in [1.29, 1.82) is 0 Å². The van der Waals surface area contributed by atoms with Gasteiger partial charge in [0.25, 0.3) is 5.91 Å². The van der Waals surface area contributed by atoms with Crippen LogP contribution < -0.4 is 5.32 Å². The molecule has 8 heteroatoms. The first-order chi connectivity index (χ1) is 15.8. The lowest BCUT2D eigenvalue weighted by Crippen LogP contribution is -2.37. The number of amides is 1. The van der Waals surface area contributed by atoms with Crippen LogP contribution in [0.25, 0.3) is 21.8 Å². The van der Waals surface area contributed by atoms with Gasteiger partial charge in [-0.05, 0) is 56.2 Å². The van der Waals surface area contributed by atoms with Gasteiger partial charge < -0.3 is 10.3 Å². The van der Waals surface area contributed by atoms with E-state index in [-0.39, 0.29) is 11.8 Å². The number of fused-ring (bicyclic) bond motifs is 3. The quantitative estimate of drug-likeness (QED) is 0.469. The van der Waals surface area contributed by atoms with E-state index in [1.807, 2.05) is 49.5 Å². The lowest BCUT2D eigenvalue weighted by atomic mass is 9.93. The normalized spacial score (nSPS) is 15.8. The van der Waals surface area contributed by atoms with E-state index < -0.39 is 10.0 Å². The van der Waals surface area contributed by atoms with E-state index in [2.05, 4.69) is 21.4 Å². The summed E-state index contributed by atoms with van der Waals surface area (Å²) >= 11 is 0. The summed E-state index contributed by atoms with van der Waals surface area (Å²) in [5.41, 5.74) is 5.28. The number of H-pyrrole nitrogens is 1. The Kier molecular flexibility index (Phi) is 5.42. The smallest absolute Gasteiger partial charge is 0.255 e. The number of nitrogens with zero attached hydrogens (tertiary/aromatic N) is 2. The van der Waals surface area contributed by atoms with Crippen LogP contribution in [0.2, 0.25) is 0 Å². The van der Waals surface area contributed by atoms with E-state index >= 15 is 0 Å². The molecule has 0 atom stereocenters. The van der Waals surface area contributed by atoms with Gasteiger partial charge in [0.2, 0.25) is 10.0 Å². The number of hydrogen-bond donors (Lipinski definition) is 2. The minimum Gasteiger partial charge on any atom is -0.353 e. The van der Waals surface area contributed by atoms with Gasteiger partial charge in [-0.2, -0.15) is 0 Å². The maximum absolute atomic E-state index is 12.7. The number of aryl methyl sites for hydroxylation is 1. The van der Waals surface area contributed by atoms with E-state index in [9.17, 15) is 13.2 Å². The molecule has 4 aromatic rings. The number of carbonyl (C=O) groups is 1. The van der Waals surface area contributed by atoms with Crippen molar-refractivity contribution in [2.24, 2.45) is 0 Å². The monoisotopic (exact) mass is 462 g/mol. The maximum Gasteiger partial charge on any atom is 0.255 e. The van der Waals surface area contributed by atoms with Gasteiger partial charge in [0.1, 0.15) is 0 Å². The Morgan fingerprint density at radius 3 is 2.55 bits per heavy atom. The number of hydrogen-bond acceptors (Lipinski definition) is 4. The summed E-state index contributed by atoms with van der Waals surface area (Å²) < 4.78 is 25.2. The molecular formula is C25H26N4O3S. The largest absolute Gasteiger partial charge is 0.353 e. The topological polar surface area (TPSA) is 95.2 Å². The van der Waals surface area contributed by atoms with E-state index in [4.69, 9.17) is 0 Å². The van der Waals surface area contributed by atoms with Crippen molar-refractivity contribution in [2.75, 3.05) is 24.7 Å². The number of nitrogens with one attached hydrogen (secondary N) is 2. The van der Waals surface area contributed by atoms with E-state index in [1.165, 1.54) is 10.6 Å². The first kappa shape index (κ1) is 21.6. The average molecular weight is 463 g/mol. The molecule has 0 aliphatic carbocycles. The molecule has 1 fully saturated rings. The molecule has 0 saturated carbocycles. The van der Waals surface area contributed by atoms with Gasteiger partial charge in [0.15, 0.2) is 0 Å². The fourth-order valence-corrected chi connectivity index (χ4v) is 5.46. The highest BCUT2D eigenvalue weighted by atomic mass is 32.2. The third-order valence-corrected chi connectivity index (χ3v) is 7.69. The number of aromatic nitrogens is 2. The summed E-state index contributed by atoms with van der Waals surface area (Å²) in [4.78, 5) is 20.7. The van der Waals surface area contributed by atoms with Crippen molar-refractivity contribution in [3.63, 3.8) is 0 Å². The Hall–Kier alpha value is -3.23. The molecule has 5 rings (SSSR count). The van der Waals surface area contributed by atoms with Gasteiger partial charge >= 0.3 is 0 Å². The van der Waals surface area contributed by atoms with Crippen LogP contribution in [0, 0.1) is 6.92 Å². The number of pyridine rings is 1. The maximum atomic E-state index is 12.7.